The minimum absolute atomic E-state index is 0.222. The number of hydrogen-bond donors (Lipinski definition) is 1. The molecular weight excluding hydrogens is 343 g/mol. The van der Waals surface area contributed by atoms with Crippen molar-refractivity contribution in [3.05, 3.63) is 59.1 Å². The minimum Gasteiger partial charge on any atom is -0.492 e. The molecule has 0 saturated heterocycles. The number of halogens is 1. The van der Waals surface area contributed by atoms with Crippen LogP contribution in [0.2, 0.25) is 0 Å². The van der Waals surface area contributed by atoms with Crippen LogP contribution in [-0.4, -0.2) is 34.0 Å². The summed E-state index contributed by atoms with van der Waals surface area (Å²) in [6, 6.07) is 7.44. The maximum atomic E-state index is 12.8. The van der Waals surface area contributed by atoms with Crippen molar-refractivity contribution in [1.82, 2.24) is 20.3 Å². The number of carbonyl (C=O) groups is 1. The van der Waals surface area contributed by atoms with Gasteiger partial charge in [0, 0.05) is 12.4 Å². The van der Waals surface area contributed by atoms with E-state index in [1.54, 1.807) is 25.4 Å². The number of aryl methyl sites for hydroxylation is 1. The van der Waals surface area contributed by atoms with E-state index in [-0.39, 0.29) is 18.3 Å². The van der Waals surface area contributed by atoms with Gasteiger partial charge in [-0.2, -0.15) is 0 Å². The Morgan fingerprint density at radius 1 is 1.24 bits per heavy atom. The van der Waals surface area contributed by atoms with Crippen LogP contribution < -0.4 is 10.1 Å². The molecule has 3 rings (SSSR count). The van der Waals surface area contributed by atoms with Crippen LogP contribution in [0.5, 0.6) is 5.75 Å². The van der Waals surface area contributed by atoms with E-state index in [9.17, 15) is 9.18 Å². The van der Waals surface area contributed by atoms with Crippen molar-refractivity contribution in [2.24, 2.45) is 0 Å². The number of hydrogen-bond acceptors (Lipinski definition) is 6. The monoisotopic (exact) mass is 358 g/mol. The highest BCUT2D eigenvalue weighted by Gasteiger charge is 2.17. The number of nitrogens with zero attached hydrogens (tertiary/aromatic N) is 3. The van der Waals surface area contributed by atoms with Gasteiger partial charge >= 0.3 is 0 Å². The summed E-state index contributed by atoms with van der Waals surface area (Å²) < 4.78 is 18.2. The van der Waals surface area contributed by atoms with Crippen LogP contribution >= 0.6 is 11.3 Å². The van der Waals surface area contributed by atoms with E-state index < -0.39 is 0 Å². The number of aromatic nitrogens is 3. The second kappa shape index (κ2) is 7.80. The fraction of sp³-hybridized carbons (Fsp3) is 0.176. The lowest BCUT2D eigenvalue weighted by Crippen LogP contribution is -2.27. The van der Waals surface area contributed by atoms with E-state index >= 15 is 0 Å². The van der Waals surface area contributed by atoms with Gasteiger partial charge in [0.1, 0.15) is 23.1 Å². The molecule has 0 fully saturated rings. The first-order valence-corrected chi connectivity index (χ1v) is 8.36. The highest BCUT2D eigenvalue weighted by molar-refractivity contribution is 7.17. The Labute approximate surface area is 147 Å². The number of benzene rings is 1. The fourth-order valence-corrected chi connectivity index (χ4v) is 2.99. The van der Waals surface area contributed by atoms with E-state index in [0.29, 0.717) is 33.7 Å². The number of amides is 1. The number of ether oxygens (including phenoxy) is 1. The molecule has 0 saturated carbocycles. The Kier molecular flexibility index (Phi) is 5.30. The Morgan fingerprint density at radius 3 is 2.68 bits per heavy atom. The summed E-state index contributed by atoms with van der Waals surface area (Å²) in [6.07, 6.45) is 3.26. The molecule has 0 bridgehead atoms. The van der Waals surface area contributed by atoms with Crippen LogP contribution in [0.4, 0.5) is 4.39 Å². The van der Waals surface area contributed by atoms with Crippen molar-refractivity contribution in [1.29, 1.82) is 0 Å². The molecule has 1 aromatic carbocycles. The molecule has 2 heterocycles. The lowest BCUT2D eigenvalue weighted by atomic mass is 10.3. The lowest BCUT2D eigenvalue weighted by Gasteiger charge is -2.07. The van der Waals surface area contributed by atoms with Crippen molar-refractivity contribution >= 4 is 17.2 Å². The lowest BCUT2D eigenvalue weighted by molar-refractivity contribution is 0.0950. The zero-order valence-electron chi connectivity index (χ0n) is 13.4. The van der Waals surface area contributed by atoms with E-state index in [4.69, 9.17) is 4.74 Å². The van der Waals surface area contributed by atoms with Gasteiger partial charge in [-0.1, -0.05) is 0 Å². The highest BCUT2D eigenvalue weighted by Crippen LogP contribution is 2.24. The SMILES string of the molecule is Cc1nc(-c2ncccn2)sc1C(=O)NCCOc1ccc(F)cc1. The van der Waals surface area contributed by atoms with Crippen molar-refractivity contribution in [2.45, 2.75) is 6.92 Å². The summed E-state index contributed by atoms with van der Waals surface area (Å²) in [7, 11) is 0. The molecule has 6 nitrogen and oxygen atoms in total. The normalized spacial score (nSPS) is 10.5. The number of thiazole rings is 1. The molecule has 0 aliphatic heterocycles. The first-order valence-electron chi connectivity index (χ1n) is 7.55. The zero-order chi connectivity index (χ0) is 17.6. The molecule has 0 spiro atoms. The van der Waals surface area contributed by atoms with Crippen LogP contribution in [0.3, 0.4) is 0 Å². The molecule has 128 valence electrons. The zero-order valence-corrected chi connectivity index (χ0v) is 14.2. The Hall–Kier alpha value is -2.87. The molecule has 0 atom stereocenters. The highest BCUT2D eigenvalue weighted by atomic mass is 32.1. The van der Waals surface area contributed by atoms with Crippen molar-refractivity contribution < 1.29 is 13.9 Å². The summed E-state index contributed by atoms with van der Waals surface area (Å²) in [4.78, 5) is 25.4. The van der Waals surface area contributed by atoms with E-state index in [2.05, 4.69) is 20.3 Å². The number of rotatable bonds is 6. The predicted octanol–water partition coefficient (Wildman–Crippen LogP) is 2.86. The molecule has 0 unspecified atom stereocenters. The second-order valence-corrected chi connectivity index (χ2v) is 6.06. The smallest absolute Gasteiger partial charge is 0.263 e. The van der Waals surface area contributed by atoms with Crippen molar-refractivity contribution in [3.8, 4) is 16.6 Å². The molecule has 0 aliphatic carbocycles. The maximum Gasteiger partial charge on any atom is 0.263 e. The van der Waals surface area contributed by atoms with Gasteiger partial charge in [0.25, 0.3) is 5.91 Å². The van der Waals surface area contributed by atoms with Crippen molar-refractivity contribution in [3.63, 3.8) is 0 Å². The van der Waals surface area contributed by atoms with Crippen LogP contribution in [0.1, 0.15) is 15.4 Å². The van der Waals surface area contributed by atoms with E-state index in [0.717, 1.165) is 0 Å². The number of carbonyl (C=O) groups excluding carboxylic acids is 1. The quantitative estimate of drug-likeness (QED) is 0.686. The summed E-state index contributed by atoms with van der Waals surface area (Å²) in [5, 5.41) is 3.38. The molecule has 1 amide bonds. The predicted molar refractivity (Wildman–Crippen MR) is 92.1 cm³/mol. The standard InChI is InChI=1S/C17H15FN4O2S/c1-11-14(25-17(22-11)15-19-7-2-8-20-15)16(23)21-9-10-24-13-5-3-12(18)4-6-13/h2-8H,9-10H2,1H3,(H,21,23). The van der Waals surface area contributed by atoms with E-state index in [1.165, 1.54) is 35.6 Å². The third kappa shape index (κ3) is 4.36. The molecular formula is C17H15FN4O2S. The van der Waals surface area contributed by atoms with Gasteiger partial charge in [-0.25, -0.2) is 19.3 Å². The topological polar surface area (TPSA) is 77.0 Å². The molecule has 1 N–H and O–H groups in total. The van der Waals surface area contributed by atoms with Gasteiger partial charge in [0.15, 0.2) is 10.8 Å². The third-order valence-corrected chi connectivity index (χ3v) is 4.38. The largest absolute Gasteiger partial charge is 0.492 e. The fourth-order valence-electron chi connectivity index (χ4n) is 2.06. The number of nitrogens with one attached hydrogen (secondary N) is 1. The maximum absolute atomic E-state index is 12.8. The van der Waals surface area contributed by atoms with Gasteiger partial charge in [-0.05, 0) is 37.3 Å². The summed E-state index contributed by atoms with van der Waals surface area (Å²) in [5.41, 5.74) is 0.629. The second-order valence-electron chi connectivity index (χ2n) is 5.06. The molecule has 8 heteroatoms. The van der Waals surface area contributed by atoms with Crippen LogP contribution in [0, 0.1) is 12.7 Å². The molecule has 25 heavy (non-hydrogen) atoms. The molecule has 0 aliphatic rings. The van der Waals surface area contributed by atoms with Gasteiger partial charge in [0.05, 0.1) is 12.2 Å². The average Bonchev–Trinajstić information content (AvgIpc) is 3.03. The van der Waals surface area contributed by atoms with Crippen LogP contribution in [-0.2, 0) is 0 Å². The van der Waals surface area contributed by atoms with Gasteiger partial charge in [-0.15, -0.1) is 11.3 Å². The van der Waals surface area contributed by atoms with Crippen molar-refractivity contribution in [2.75, 3.05) is 13.2 Å². The summed E-state index contributed by atoms with van der Waals surface area (Å²) in [5.74, 6) is 0.502. The molecule has 3 aromatic rings. The Bertz CT molecular complexity index is 853. The van der Waals surface area contributed by atoms with Gasteiger partial charge in [-0.3, -0.25) is 4.79 Å². The average molecular weight is 358 g/mol. The third-order valence-electron chi connectivity index (χ3n) is 3.23. The van der Waals surface area contributed by atoms with Crippen LogP contribution in [0.25, 0.3) is 10.8 Å². The summed E-state index contributed by atoms with van der Waals surface area (Å²) in [6.45, 7) is 2.38. The molecule has 2 aromatic heterocycles. The first kappa shape index (κ1) is 17.0. The van der Waals surface area contributed by atoms with Crippen LogP contribution in [0.15, 0.2) is 42.7 Å². The minimum atomic E-state index is -0.320. The van der Waals surface area contributed by atoms with E-state index in [1.807, 2.05) is 0 Å². The van der Waals surface area contributed by atoms with Gasteiger partial charge < -0.3 is 10.1 Å². The van der Waals surface area contributed by atoms with Gasteiger partial charge in [0.2, 0.25) is 0 Å². The molecule has 0 radical (unpaired) electrons. The summed E-state index contributed by atoms with van der Waals surface area (Å²) >= 11 is 1.25. The Morgan fingerprint density at radius 2 is 1.96 bits per heavy atom. The first-order chi connectivity index (χ1) is 12.1. The Balaban J connectivity index is 1.55.